The molecule has 0 bridgehead atoms. The van der Waals surface area contributed by atoms with Crippen molar-refractivity contribution in [2.24, 2.45) is 0 Å². The third-order valence-electron chi connectivity index (χ3n) is 4.76. The third kappa shape index (κ3) is 3.52. The molecule has 0 aliphatic carbocycles. The molecule has 8 heteroatoms. The Kier molecular flexibility index (Phi) is 4.81. The summed E-state index contributed by atoms with van der Waals surface area (Å²) in [6.45, 7) is 1.19. The van der Waals surface area contributed by atoms with Crippen LogP contribution in [0.25, 0.3) is 0 Å². The van der Waals surface area contributed by atoms with Gasteiger partial charge < -0.3 is 14.2 Å². The van der Waals surface area contributed by atoms with Crippen LogP contribution in [-0.4, -0.2) is 45.4 Å². The van der Waals surface area contributed by atoms with E-state index in [1.807, 2.05) is 23.1 Å². The predicted molar refractivity (Wildman–Crippen MR) is 100 cm³/mol. The first-order valence-electron chi connectivity index (χ1n) is 8.80. The van der Waals surface area contributed by atoms with Crippen LogP contribution in [0, 0.1) is 0 Å². The van der Waals surface area contributed by atoms with Crippen LogP contribution in [0.3, 0.4) is 0 Å². The summed E-state index contributed by atoms with van der Waals surface area (Å²) >= 11 is 1.46. The van der Waals surface area contributed by atoms with Gasteiger partial charge in [-0.3, -0.25) is 14.7 Å². The summed E-state index contributed by atoms with van der Waals surface area (Å²) in [7, 11) is 1.77. The van der Waals surface area contributed by atoms with E-state index in [2.05, 4.69) is 10.2 Å². The number of carbonyl (C=O) groups excluding carboxylic acids is 2. The van der Waals surface area contributed by atoms with Gasteiger partial charge in [0.15, 0.2) is 0 Å². The van der Waals surface area contributed by atoms with Crippen molar-refractivity contribution in [3.05, 3.63) is 64.0 Å². The summed E-state index contributed by atoms with van der Waals surface area (Å²) in [5.41, 5.74) is 1.45. The molecule has 1 saturated heterocycles. The molecule has 0 aromatic carbocycles. The standard InChI is InChI=1S/C19H20N4O3S/c1-22(11-14-6-8-20-21-14)19(25)17-5-4-16(27-17)15-3-2-9-23(15)18(24)13-7-10-26-12-13/h4-8,10,12,15H,2-3,9,11H2,1H3,(H,20,21). The van der Waals surface area contributed by atoms with Gasteiger partial charge in [0.1, 0.15) is 6.26 Å². The lowest BCUT2D eigenvalue weighted by atomic mass is 10.1. The molecule has 0 saturated carbocycles. The van der Waals surface area contributed by atoms with Crippen molar-refractivity contribution in [3.63, 3.8) is 0 Å². The Morgan fingerprint density at radius 2 is 2.26 bits per heavy atom. The second-order valence-electron chi connectivity index (χ2n) is 6.61. The fourth-order valence-electron chi connectivity index (χ4n) is 3.39. The number of hydrogen-bond donors (Lipinski definition) is 1. The van der Waals surface area contributed by atoms with Gasteiger partial charge in [0, 0.05) is 24.7 Å². The van der Waals surface area contributed by atoms with Crippen molar-refractivity contribution >= 4 is 23.2 Å². The fraction of sp³-hybridized carbons (Fsp3) is 0.316. The molecule has 3 aromatic heterocycles. The number of nitrogens with one attached hydrogen (secondary N) is 1. The summed E-state index contributed by atoms with van der Waals surface area (Å²) in [4.78, 5) is 30.7. The van der Waals surface area contributed by atoms with Crippen LogP contribution >= 0.6 is 11.3 Å². The van der Waals surface area contributed by atoms with Gasteiger partial charge in [-0.05, 0) is 37.1 Å². The van der Waals surface area contributed by atoms with Gasteiger partial charge in [0.25, 0.3) is 11.8 Å². The van der Waals surface area contributed by atoms with E-state index in [-0.39, 0.29) is 17.9 Å². The Balaban J connectivity index is 1.48. The molecule has 1 aliphatic rings. The van der Waals surface area contributed by atoms with Gasteiger partial charge in [0.2, 0.25) is 0 Å². The maximum absolute atomic E-state index is 12.7. The second kappa shape index (κ2) is 7.40. The summed E-state index contributed by atoms with van der Waals surface area (Å²) in [5.74, 6) is -0.0598. The smallest absolute Gasteiger partial charge is 0.264 e. The fourth-order valence-corrected chi connectivity index (χ4v) is 4.54. The Morgan fingerprint density at radius 1 is 1.37 bits per heavy atom. The SMILES string of the molecule is CN(Cc1ccn[nH]1)C(=O)c1ccc(C2CCCN2C(=O)c2ccoc2)s1. The number of thiophene rings is 1. The Bertz CT molecular complexity index is 917. The van der Waals surface area contributed by atoms with Crippen LogP contribution in [0.1, 0.15) is 49.5 Å². The molecule has 3 aromatic rings. The van der Waals surface area contributed by atoms with E-state index in [4.69, 9.17) is 4.42 Å². The maximum Gasteiger partial charge on any atom is 0.264 e. The minimum absolute atomic E-state index is 0.0110. The van der Waals surface area contributed by atoms with E-state index < -0.39 is 0 Å². The molecule has 140 valence electrons. The molecule has 4 rings (SSSR count). The van der Waals surface area contributed by atoms with Crippen LogP contribution in [0.4, 0.5) is 0 Å². The first-order chi connectivity index (χ1) is 13.1. The van der Waals surface area contributed by atoms with Crippen molar-refractivity contribution in [1.29, 1.82) is 0 Å². The van der Waals surface area contributed by atoms with E-state index >= 15 is 0 Å². The zero-order valence-electron chi connectivity index (χ0n) is 14.9. The van der Waals surface area contributed by atoms with E-state index in [0.29, 0.717) is 17.0 Å². The van der Waals surface area contributed by atoms with E-state index in [0.717, 1.165) is 30.0 Å². The lowest BCUT2D eigenvalue weighted by molar-refractivity contribution is 0.0736. The third-order valence-corrected chi connectivity index (χ3v) is 5.93. The molecule has 1 atom stereocenters. The molecule has 0 radical (unpaired) electrons. The number of aromatic nitrogens is 2. The highest BCUT2D eigenvalue weighted by molar-refractivity contribution is 7.14. The number of rotatable bonds is 5. The summed E-state index contributed by atoms with van der Waals surface area (Å²) in [6, 6.07) is 7.36. The Labute approximate surface area is 160 Å². The van der Waals surface area contributed by atoms with Gasteiger partial charge >= 0.3 is 0 Å². The average Bonchev–Trinajstić information content (AvgIpc) is 3.47. The van der Waals surface area contributed by atoms with E-state index in [9.17, 15) is 9.59 Å². The normalized spacial score (nSPS) is 16.6. The predicted octanol–water partition coefficient (Wildman–Crippen LogP) is 3.31. The number of H-pyrrole nitrogens is 1. The molecule has 7 nitrogen and oxygen atoms in total. The topological polar surface area (TPSA) is 82.4 Å². The van der Waals surface area contributed by atoms with Crippen LogP contribution in [0.5, 0.6) is 0 Å². The summed E-state index contributed by atoms with van der Waals surface area (Å²) in [6.07, 6.45) is 6.51. The molecule has 1 fully saturated rings. The molecular formula is C19H20N4O3S. The number of nitrogens with zero attached hydrogens (tertiary/aromatic N) is 3. The number of furan rings is 1. The van der Waals surface area contributed by atoms with Gasteiger partial charge in [-0.25, -0.2) is 0 Å². The maximum atomic E-state index is 12.7. The molecule has 1 aliphatic heterocycles. The zero-order valence-corrected chi connectivity index (χ0v) is 15.7. The van der Waals surface area contributed by atoms with Crippen molar-refractivity contribution < 1.29 is 14.0 Å². The molecule has 0 spiro atoms. The molecule has 1 N–H and O–H groups in total. The highest BCUT2D eigenvalue weighted by atomic mass is 32.1. The van der Waals surface area contributed by atoms with Gasteiger partial charge in [-0.15, -0.1) is 11.3 Å². The van der Waals surface area contributed by atoms with Gasteiger partial charge in [-0.2, -0.15) is 5.10 Å². The zero-order chi connectivity index (χ0) is 18.8. The monoisotopic (exact) mass is 384 g/mol. The molecular weight excluding hydrogens is 364 g/mol. The van der Waals surface area contributed by atoms with Gasteiger partial charge in [0.05, 0.1) is 35.0 Å². The molecule has 2 amide bonds. The highest BCUT2D eigenvalue weighted by Gasteiger charge is 2.32. The molecule has 1 unspecified atom stereocenters. The second-order valence-corrected chi connectivity index (χ2v) is 7.73. The van der Waals surface area contributed by atoms with Gasteiger partial charge in [-0.1, -0.05) is 0 Å². The Hall–Kier alpha value is -2.87. The molecule has 27 heavy (non-hydrogen) atoms. The number of hydrogen-bond acceptors (Lipinski definition) is 5. The van der Waals surface area contributed by atoms with Crippen molar-refractivity contribution in [1.82, 2.24) is 20.0 Å². The molecule has 4 heterocycles. The first-order valence-corrected chi connectivity index (χ1v) is 9.62. The minimum Gasteiger partial charge on any atom is -0.472 e. The van der Waals surface area contributed by atoms with E-state index in [1.54, 1.807) is 24.2 Å². The van der Waals surface area contributed by atoms with E-state index in [1.165, 1.54) is 23.9 Å². The number of carbonyl (C=O) groups is 2. The highest BCUT2D eigenvalue weighted by Crippen LogP contribution is 2.37. The van der Waals surface area contributed by atoms with Crippen LogP contribution in [0.15, 0.2) is 47.4 Å². The van der Waals surface area contributed by atoms with Crippen LogP contribution < -0.4 is 0 Å². The number of aromatic amines is 1. The van der Waals surface area contributed by atoms with Crippen molar-refractivity contribution in [3.8, 4) is 0 Å². The minimum atomic E-state index is -0.0356. The average molecular weight is 384 g/mol. The number of amides is 2. The van der Waals surface area contributed by atoms with Crippen LogP contribution in [0.2, 0.25) is 0 Å². The summed E-state index contributed by atoms with van der Waals surface area (Å²) < 4.78 is 5.04. The van der Waals surface area contributed by atoms with Crippen molar-refractivity contribution in [2.45, 2.75) is 25.4 Å². The van der Waals surface area contributed by atoms with Crippen LogP contribution in [-0.2, 0) is 6.54 Å². The number of likely N-dealkylation sites (tertiary alicyclic amines) is 1. The largest absolute Gasteiger partial charge is 0.472 e. The Morgan fingerprint density at radius 3 is 3.00 bits per heavy atom. The summed E-state index contributed by atoms with van der Waals surface area (Å²) in [5, 5.41) is 6.77. The lowest BCUT2D eigenvalue weighted by Crippen LogP contribution is -2.29. The van der Waals surface area contributed by atoms with Crippen molar-refractivity contribution in [2.75, 3.05) is 13.6 Å². The first kappa shape index (κ1) is 17.5. The lowest BCUT2D eigenvalue weighted by Gasteiger charge is -2.23. The quantitative estimate of drug-likeness (QED) is 0.732.